The zero-order valence-electron chi connectivity index (χ0n) is 15.3. The molecule has 1 aromatic heterocycles. The molecule has 0 saturated heterocycles. The molecule has 0 aliphatic heterocycles. The third-order valence-corrected chi connectivity index (χ3v) is 5.53. The van der Waals surface area contributed by atoms with Crippen molar-refractivity contribution in [2.45, 2.75) is 9.79 Å². The Morgan fingerprint density at radius 3 is 2.63 bits per heavy atom. The predicted octanol–water partition coefficient (Wildman–Crippen LogP) is 4.99. The van der Waals surface area contributed by atoms with Crippen LogP contribution in [0.4, 0.5) is 5.69 Å². The molecule has 0 bridgehead atoms. The van der Waals surface area contributed by atoms with Gasteiger partial charge in [0, 0.05) is 21.5 Å². The molecular weight excluding hydrogens is 424 g/mol. The molecule has 7 nitrogen and oxygen atoms in total. The van der Waals surface area contributed by atoms with Crippen LogP contribution in [0.3, 0.4) is 0 Å². The summed E-state index contributed by atoms with van der Waals surface area (Å²) in [6.45, 7) is 0. The van der Waals surface area contributed by atoms with Gasteiger partial charge in [-0.2, -0.15) is 9.78 Å². The number of rotatable bonds is 5. The lowest BCUT2D eigenvalue weighted by molar-refractivity contribution is -0.387. The Morgan fingerprint density at radius 2 is 1.87 bits per heavy atom. The molecule has 3 aromatic carbocycles. The summed E-state index contributed by atoms with van der Waals surface area (Å²) in [5.74, 6) is 0. The molecule has 1 heterocycles. The third-order valence-electron chi connectivity index (χ3n) is 4.20. The summed E-state index contributed by atoms with van der Waals surface area (Å²) >= 11 is 7.15. The normalized spacial score (nSPS) is 11.2. The van der Waals surface area contributed by atoms with Crippen molar-refractivity contribution in [3.8, 4) is 0 Å². The van der Waals surface area contributed by atoms with Crippen LogP contribution in [0.5, 0.6) is 0 Å². The molecule has 4 aromatic rings. The van der Waals surface area contributed by atoms with Crippen LogP contribution in [0.1, 0.15) is 5.56 Å². The quantitative estimate of drug-likeness (QED) is 0.249. The number of hydrogen-bond donors (Lipinski definition) is 0. The van der Waals surface area contributed by atoms with Crippen LogP contribution in [0.15, 0.2) is 92.7 Å². The fraction of sp³-hybridized carbons (Fsp3) is 0. The van der Waals surface area contributed by atoms with Crippen LogP contribution in [-0.2, 0) is 0 Å². The number of aromatic nitrogens is 2. The van der Waals surface area contributed by atoms with Crippen molar-refractivity contribution in [2.75, 3.05) is 0 Å². The molecule has 0 saturated carbocycles. The molecular formula is C21H13ClN4O3S. The summed E-state index contributed by atoms with van der Waals surface area (Å²) in [5, 5.41) is 16.7. The fourth-order valence-electron chi connectivity index (χ4n) is 2.74. The van der Waals surface area contributed by atoms with E-state index in [1.165, 1.54) is 30.4 Å². The maximum Gasteiger partial charge on any atom is 0.283 e. The second-order valence-corrected chi connectivity index (χ2v) is 7.75. The van der Waals surface area contributed by atoms with E-state index in [1.54, 1.807) is 60.7 Å². The Morgan fingerprint density at radius 1 is 1.10 bits per heavy atom. The molecule has 4 rings (SSSR count). The van der Waals surface area contributed by atoms with E-state index >= 15 is 0 Å². The average Bonchev–Trinajstić information content (AvgIpc) is 2.75. The van der Waals surface area contributed by atoms with Gasteiger partial charge < -0.3 is 0 Å². The van der Waals surface area contributed by atoms with Gasteiger partial charge in [0.25, 0.3) is 11.2 Å². The Kier molecular flexibility index (Phi) is 5.60. The van der Waals surface area contributed by atoms with E-state index in [9.17, 15) is 14.9 Å². The van der Waals surface area contributed by atoms with Crippen molar-refractivity contribution in [1.82, 2.24) is 9.66 Å². The Labute approximate surface area is 179 Å². The minimum Gasteiger partial charge on any atom is -0.267 e. The number of nitro benzene ring substituents is 1. The van der Waals surface area contributed by atoms with Crippen LogP contribution in [0, 0.1) is 10.1 Å². The predicted molar refractivity (Wildman–Crippen MR) is 118 cm³/mol. The van der Waals surface area contributed by atoms with Gasteiger partial charge in [-0.15, -0.1) is 0 Å². The van der Waals surface area contributed by atoms with E-state index < -0.39 is 4.92 Å². The lowest BCUT2D eigenvalue weighted by atomic mass is 10.2. The number of fused-ring (bicyclic) bond motifs is 1. The second-order valence-electron chi connectivity index (χ2n) is 6.20. The third kappa shape index (κ3) is 4.24. The largest absolute Gasteiger partial charge is 0.283 e. The Balaban J connectivity index is 1.64. The number of nitrogens with zero attached hydrogens (tertiary/aromatic N) is 4. The van der Waals surface area contributed by atoms with E-state index in [4.69, 9.17) is 11.6 Å². The van der Waals surface area contributed by atoms with E-state index in [-0.39, 0.29) is 11.2 Å². The van der Waals surface area contributed by atoms with E-state index in [0.717, 1.165) is 9.57 Å². The van der Waals surface area contributed by atoms with Gasteiger partial charge >= 0.3 is 0 Å². The minimum absolute atomic E-state index is 0.0529. The molecule has 0 unspecified atom stereocenters. The lowest BCUT2D eigenvalue weighted by Crippen LogP contribution is -2.16. The first-order valence-electron chi connectivity index (χ1n) is 8.74. The Hall–Kier alpha value is -3.49. The maximum absolute atomic E-state index is 12.5. The van der Waals surface area contributed by atoms with Crippen LogP contribution in [-0.4, -0.2) is 20.8 Å². The van der Waals surface area contributed by atoms with Gasteiger partial charge in [0.2, 0.25) is 0 Å². The van der Waals surface area contributed by atoms with Gasteiger partial charge in [-0.25, -0.2) is 4.98 Å². The summed E-state index contributed by atoms with van der Waals surface area (Å²) in [5.41, 5.74) is 0.694. The average molecular weight is 437 g/mol. The van der Waals surface area contributed by atoms with Gasteiger partial charge in [-0.05, 0) is 42.5 Å². The highest BCUT2D eigenvalue weighted by molar-refractivity contribution is 7.99. The molecule has 30 heavy (non-hydrogen) atoms. The SMILES string of the molecule is O=c1c2ccccc2ncn1/N=C\c1ccc(Sc2ccc(Cl)cc2)c([N+](=O)[O-])c1. The molecule has 0 atom stereocenters. The van der Waals surface area contributed by atoms with Gasteiger partial charge in [0.15, 0.2) is 0 Å². The number of para-hydroxylation sites is 1. The summed E-state index contributed by atoms with van der Waals surface area (Å²) in [4.78, 5) is 29.1. The van der Waals surface area contributed by atoms with Crippen molar-refractivity contribution in [3.05, 3.63) is 104 Å². The molecule has 148 valence electrons. The first-order chi connectivity index (χ1) is 14.5. The molecule has 0 spiro atoms. The maximum atomic E-state index is 12.5. The monoisotopic (exact) mass is 436 g/mol. The molecule has 0 aliphatic rings. The molecule has 0 radical (unpaired) electrons. The first-order valence-corrected chi connectivity index (χ1v) is 9.93. The highest BCUT2D eigenvalue weighted by atomic mass is 35.5. The van der Waals surface area contributed by atoms with Gasteiger partial charge in [-0.3, -0.25) is 14.9 Å². The van der Waals surface area contributed by atoms with Gasteiger partial charge in [0.1, 0.15) is 6.33 Å². The minimum atomic E-state index is -0.445. The van der Waals surface area contributed by atoms with Crippen molar-refractivity contribution >= 4 is 46.2 Å². The van der Waals surface area contributed by atoms with Crippen LogP contribution >= 0.6 is 23.4 Å². The van der Waals surface area contributed by atoms with Crippen molar-refractivity contribution in [3.63, 3.8) is 0 Å². The second kappa shape index (κ2) is 8.48. The van der Waals surface area contributed by atoms with Crippen LogP contribution in [0.25, 0.3) is 10.9 Å². The van der Waals surface area contributed by atoms with Gasteiger partial charge in [0.05, 0.1) is 26.9 Å². The lowest BCUT2D eigenvalue weighted by Gasteiger charge is -2.05. The van der Waals surface area contributed by atoms with Crippen molar-refractivity contribution in [2.24, 2.45) is 5.10 Å². The van der Waals surface area contributed by atoms with Crippen LogP contribution in [0.2, 0.25) is 5.02 Å². The smallest absolute Gasteiger partial charge is 0.267 e. The summed E-state index contributed by atoms with van der Waals surface area (Å²) < 4.78 is 1.10. The molecule has 0 amide bonds. The fourth-order valence-corrected chi connectivity index (χ4v) is 3.77. The summed E-state index contributed by atoms with van der Waals surface area (Å²) in [7, 11) is 0. The number of nitro groups is 1. The topological polar surface area (TPSA) is 90.4 Å². The summed E-state index contributed by atoms with van der Waals surface area (Å²) in [6, 6.07) is 18.8. The highest BCUT2D eigenvalue weighted by Crippen LogP contribution is 2.35. The molecule has 0 fully saturated rings. The van der Waals surface area contributed by atoms with E-state index in [1.807, 2.05) is 0 Å². The number of hydrogen-bond acceptors (Lipinski definition) is 6. The van der Waals surface area contributed by atoms with Crippen molar-refractivity contribution in [1.29, 1.82) is 0 Å². The number of halogens is 1. The van der Waals surface area contributed by atoms with Crippen molar-refractivity contribution < 1.29 is 4.92 Å². The van der Waals surface area contributed by atoms with Gasteiger partial charge in [-0.1, -0.05) is 41.6 Å². The molecule has 0 aliphatic carbocycles. The highest BCUT2D eigenvalue weighted by Gasteiger charge is 2.15. The zero-order chi connectivity index (χ0) is 21.1. The zero-order valence-corrected chi connectivity index (χ0v) is 16.9. The number of benzene rings is 3. The molecule has 0 N–H and O–H groups in total. The van der Waals surface area contributed by atoms with Crippen LogP contribution < -0.4 is 5.56 Å². The molecule has 9 heteroatoms. The first kappa shape index (κ1) is 19.8. The standard InChI is InChI=1S/C21H13ClN4O3S/c22-15-6-8-16(9-7-15)30-20-10-5-14(11-19(20)26(28)29)12-24-25-13-23-18-4-2-1-3-17(18)21(25)27/h1-13H/b24-12-. The Bertz CT molecular complexity index is 1340. The summed E-state index contributed by atoms with van der Waals surface area (Å²) in [6.07, 6.45) is 2.71. The van der Waals surface area contributed by atoms with E-state index in [2.05, 4.69) is 10.1 Å². The van der Waals surface area contributed by atoms with E-state index in [0.29, 0.717) is 26.4 Å².